The van der Waals surface area contributed by atoms with Crippen molar-refractivity contribution in [2.75, 3.05) is 16.9 Å². The van der Waals surface area contributed by atoms with Crippen LogP contribution in [-0.4, -0.2) is 54.6 Å². The summed E-state index contributed by atoms with van der Waals surface area (Å²) >= 11 is 1.58. The maximum atomic E-state index is 13.0. The maximum absolute atomic E-state index is 13.0. The number of nitrogens with zero attached hydrogens (tertiary/aromatic N) is 5. The molecule has 1 saturated carbocycles. The number of hydrogen-bond acceptors (Lipinski definition) is 6. The van der Waals surface area contributed by atoms with Crippen LogP contribution < -0.4 is 5.32 Å². The highest BCUT2D eigenvalue weighted by molar-refractivity contribution is 7.99. The molecule has 1 aromatic heterocycles. The molecule has 1 aliphatic carbocycles. The molecule has 30 heavy (non-hydrogen) atoms. The van der Waals surface area contributed by atoms with Crippen LogP contribution in [-0.2, 0) is 4.79 Å². The Balaban J connectivity index is 1.32. The molecule has 1 N–H and O–H groups in total. The third kappa shape index (κ3) is 3.68. The highest BCUT2D eigenvalue weighted by Crippen LogP contribution is 2.36. The van der Waals surface area contributed by atoms with E-state index in [4.69, 9.17) is 0 Å². The molecule has 9 heteroatoms. The summed E-state index contributed by atoms with van der Waals surface area (Å²) in [5.41, 5.74) is 2.10. The van der Waals surface area contributed by atoms with Gasteiger partial charge in [-0.15, -0.1) is 16.9 Å². The van der Waals surface area contributed by atoms with Gasteiger partial charge in [-0.2, -0.15) is 0 Å². The van der Waals surface area contributed by atoms with Crippen LogP contribution in [0.5, 0.6) is 0 Å². The molecular formula is C21H20N6O2S. The molecule has 3 aromatic rings. The van der Waals surface area contributed by atoms with Gasteiger partial charge < -0.3 is 10.2 Å². The van der Waals surface area contributed by atoms with E-state index < -0.39 is 6.04 Å². The second-order valence-electron chi connectivity index (χ2n) is 7.40. The molecule has 2 aromatic carbocycles. The summed E-state index contributed by atoms with van der Waals surface area (Å²) < 4.78 is 1.84. The Bertz CT molecular complexity index is 1080. The topological polar surface area (TPSA) is 93.0 Å². The van der Waals surface area contributed by atoms with Crippen LogP contribution in [0, 0.1) is 0 Å². The first-order chi connectivity index (χ1) is 14.7. The Morgan fingerprint density at radius 3 is 2.70 bits per heavy atom. The zero-order valence-electron chi connectivity index (χ0n) is 16.1. The van der Waals surface area contributed by atoms with Gasteiger partial charge in [0.2, 0.25) is 5.91 Å². The van der Waals surface area contributed by atoms with Gasteiger partial charge in [-0.05, 0) is 47.5 Å². The fourth-order valence-electron chi connectivity index (χ4n) is 3.52. The Morgan fingerprint density at radius 2 is 1.90 bits per heavy atom. The summed E-state index contributed by atoms with van der Waals surface area (Å²) in [5, 5.41) is 15.0. The van der Waals surface area contributed by atoms with Crippen molar-refractivity contribution < 1.29 is 9.59 Å². The first kappa shape index (κ1) is 18.8. The summed E-state index contributed by atoms with van der Waals surface area (Å²) in [6.07, 6.45) is 2.16. The van der Waals surface area contributed by atoms with E-state index in [1.807, 2.05) is 47.1 Å². The molecule has 0 spiro atoms. The van der Waals surface area contributed by atoms with Gasteiger partial charge in [-0.3, -0.25) is 9.59 Å². The Labute approximate surface area is 177 Å². The molecule has 0 bridgehead atoms. The second kappa shape index (κ2) is 7.91. The Morgan fingerprint density at radius 1 is 1.07 bits per heavy atom. The predicted octanol–water partition coefficient (Wildman–Crippen LogP) is 2.83. The minimum absolute atomic E-state index is 0.127. The Kier molecular flexibility index (Phi) is 4.96. The van der Waals surface area contributed by atoms with Gasteiger partial charge in [0, 0.05) is 22.6 Å². The van der Waals surface area contributed by atoms with Crippen LogP contribution in [0.1, 0.15) is 29.2 Å². The van der Waals surface area contributed by atoms with Gasteiger partial charge in [0.15, 0.2) is 5.82 Å². The maximum Gasteiger partial charge on any atom is 0.255 e. The SMILES string of the molecule is O=C(Nc1cccc(-c2nnnn2C2CC2)c1)[C@@H]1CSCN1C(=O)c1ccccc1. The number of thioether (sulfide) groups is 1. The number of amides is 2. The van der Waals surface area contributed by atoms with Gasteiger partial charge in [-0.25, -0.2) is 4.68 Å². The summed E-state index contributed by atoms with van der Waals surface area (Å²) in [6.45, 7) is 0. The Hall–Kier alpha value is -3.20. The van der Waals surface area contributed by atoms with E-state index in [0.717, 1.165) is 18.4 Å². The number of carbonyl (C=O) groups is 2. The van der Waals surface area contributed by atoms with Crippen LogP contribution in [0.15, 0.2) is 54.6 Å². The molecule has 8 nitrogen and oxygen atoms in total. The molecule has 152 valence electrons. The summed E-state index contributed by atoms with van der Waals surface area (Å²) in [5.74, 6) is 1.46. The summed E-state index contributed by atoms with van der Waals surface area (Å²) in [7, 11) is 0. The molecule has 0 unspecified atom stereocenters. The first-order valence-electron chi connectivity index (χ1n) is 9.83. The van der Waals surface area contributed by atoms with Crippen LogP contribution in [0.3, 0.4) is 0 Å². The molecule has 2 aliphatic rings. The quantitative estimate of drug-likeness (QED) is 0.682. The normalized spacial score (nSPS) is 18.4. The van der Waals surface area contributed by atoms with E-state index in [0.29, 0.717) is 34.7 Å². The van der Waals surface area contributed by atoms with Crippen LogP contribution in [0.4, 0.5) is 5.69 Å². The first-order valence-corrected chi connectivity index (χ1v) is 11.0. The minimum Gasteiger partial charge on any atom is -0.324 e. The van der Waals surface area contributed by atoms with E-state index in [9.17, 15) is 9.59 Å². The fraction of sp³-hybridized carbons (Fsp3) is 0.286. The number of aromatic nitrogens is 4. The van der Waals surface area contributed by atoms with E-state index in [1.54, 1.807) is 28.8 Å². The zero-order valence-corrected chi connectivity index (χ0v) is 17.0. The number of carbonyl (C=O) groups excluding carboxylic acids is 2. The van der Waals surface area contributed by atoms with Crippen molar-refractivity contribution >= 4 is 29.3 Å². The van der Waals surface area contributed by atoms with Gasteiger partial charge in [-0.1, -0.05) is 30.3 Å². The molecule has 5 rings (SSSR count). The lowest BCUT2D eigenvalue weighted by Crippen LogP contribution is -2.44. The largest absolute Gasteiger partial charge is 0.324 e. The highest BCUT2D eigenvalue weighted by atomic mass is 32.2. The molecule has 2 fully saturated rings. The van der Waals surface area contributed by atoms with E-state index >= 15 is 0 Å². The average molecular weight is 420 g/mol. The van der Waals surface area contributed by atoms with Crippen molar-refractivity contribution in [3.8, 4) is 11.4 Å². The minimum atomic E-state index is -0.511. The zero-order chi connectivity index (χ0) is 20.5. The van der Waals surface area contributed by atoms with Gasteiger partial charge in [0.25, 0.3) is 5.91 Å². The molecule has 2 heterocycles. The lowest BCUT2D eigenvalue weighted by molar-refractivity contribution is -0.119. The van der Waals surface area contributed by atoms with Crippen molar-refractivity contribution in [3.63, 3.8) is 0 Å². The average Bonchev–Trinajstić information content (AvgIpc) is 3.29. The summed E-state index contributed by atoms with van der Waals surface area (Å²) in [4.78, 5) is 27.5. The van der Waals surface area contributed by atoms with Crippen molar-refractivity contribution in [2.45, 2.75) is 24.9 Å². The number of benzene rings is 2. The number of tetrazole rings is 1. The van der Waals surface area contributed by atoms with Gasteiger partial charge in [0.1, 0.15) is 6.04 Å². The molecule has 0 radical (unpaired) electrons. The molecule has 1 saturated heterocycles. The van der Waals surface area contributed by atoms with Crippen molar-refractivity contribution in [3.05, 3.63) is 60.2 Å². The fourth-order valence-corrected chi connectivity index (χ4v) is 4.67. The molecular weight excluding hydrogens is 400 g/mol. The van der Waals surface area contributed by atoms with Crippen LogP contribution >= 0.6 is 11.8 Å². The highest BCUT2D eigenvalue weighted by Gasteiger charge is 2.35. The van der Waals surface area contributed by atoms with E-state index in [-0.39, 0.29) is 11.8 Å². The van der Waals surface area contributed by atoms with Crippen molar-refractivity contribution in [1.82, 2.24) is 25.1 Å². The van der Waals surface area contributed by atoms with Gasteiger partial charge in [0.05, 0.1) is 11.9 Å². The molecule has 2 amide bonds. The van der Waals surface area contributed by atoms with Crippen LogP contribution in [0.25, 0.3) is 11.4 Å². The van der Waals surface area contributed by atoms with Crippen molar-refractivity contribution in [1.29, 1.82) is 0 Å². The van der Waals surface area contributed by atoms with Crippen LogP contribution in [0.2, 0.25) is 0 Å². The van der Waals surface area contributed by atoms with E-state index in [1.165, 1.54) is 0 Å². The number of hydrogen-bond donors (Lipinski definition) is 1. The number of anilines is 1. The number of nitrogens with one attached hydrogen (secondary N) is 1. The smallest absolute Gasteiger partial charge is 0.255 e. The predicted molar refractivity (Wildman–Crippen MR) is 114 cm³/mol. The van der Waals surface area contributed by atoms with Gasteiger partial charge >= 0.3 is 0 Å². The third-order valence-corrected chi connectivity index (χ3v) is 6.25. The standard InChI is InChI=1S/C21H20N6O2S/c28-20(18-12-30-13-26(18)21(29)14-5-2-1-3-6-14)22-16-8-4-7-15(11-16)19-23-24-25-27(19)17-9-10-17/h1-8,11,17-18H,9-10,12-13H2,(H,22,28)/t18-/m0/s1. The second-order valence-corrected chi connectivity index (χ2v) is 8.40. The van der Waals surface area contributed by atoms with Crippen molar-refractivity contribution in [2.24, 2.45) is 0 Å². The molecule has 1 aliphatic heterocycles. The lowest BCUT2D eigenvalue weighted by atomic mass is 10.1. The number of rotatable bonds is 5. The third-order valence-electron chi connectivity index (χ3n) is 5.24. The lowest BCUT2D eigenvalue weighted by Gasteiger charge is -2.23. The summed E-state index contributed by atoms with van der Waals surface area (Å²) in [6, 6.07) is 16.4. The monoisotopic (exact) mass is 420 g/mol. The molecule has 1 atom stereocenters. The van der Waals surface area contributed by atoms with E-state index in [2.05, 4.69) is 20.8 Å².